The number of H-pyrrole nitrogens is 2. The number of β-amino-alcohol motifs (C(OH)–C–C–N with tert-alkyl or cyclic N) is 2. The lowest BCUT2D eigenvalue weighted by Gasteiger charge is -2.56. The lowest BCUT2D eigenvalue weighted by atomic mass is 9.56. The first-order chi connectivity index (χ1) is 69.0. The Morgan fingerprint density at radius 1 is 0.594 bits per heavy atom. The van der Waals surface area contributed by atoms with Gasteiger partial charge in [-0.3, -0.25) is 28.9 Å². The number of phenols is 2. The molecule has 143 heavy (non-hydrogen) atoms. The third-order valence-corrected chi connectivity index (χ3v) is 33.3. The number of aromatic nitrogens is 11. The molecular weight excluding hydrogens is 1830 g/mol. The van der Waals surface area contributed by atoms with E-state index in [-0.39, 0.29) is 97.8 Å². The fraction of sp³-hybridized carbons (Fsp3) is 0.491. The second kappa shape index (κ2) is 40.5. The zero-order valence-electron chi connectivity index (χ0n) is 82.6. The number of ether oxygens (including phenoxy) is 1. The molecule has 1 spiro atoms. The van der Waals surface area contributed by atoms with E-state index in [9.17, 15) is 44.4 Å². The van der Waals surface area contributed by atoms with E-state index >= 15 is 4.79 Å². The quantitative estimate of drug-likeness (QED) is 0.0238. The van der Waals surface area contributed by atoms with Crippen molar-refractivity contribution in [1.82, 2.24) is 101 Å². The summed E-state index contributed by atoms with van der Waals surface area (Å²) in [4.78, 5) is 138. The van der Waals surface area contributed by atoms with E-state index in [4.69, 9.17) is 36.1 Å². The first kappa shape index (κ1) is 97.2. The number of nitrogens with one attached hydrogen (secondary N) is 6. The molecule has 11 aromatic rings. The summed E-state index contributed by atoms with van der Waals surface area (Å²) in [7, 11) is 1.52. The van der Waals surface area contributed by atoms with Gasteiger partial charge in [0, 0.05) is 190 Å². The maximum absolute atomic E-state index is 15.6. The number of nitrogens with zero attached hydrogens (tertiary/aromatic N) is 17. The van der Waals surface area contributed by atoms with Gasteiger partial charge in [0.15, 0.2) is 11.3 Å². The minimum atomic E-state index is -1.14. The monoisotopic (exact) mass is 1960 g/mol. The van der Waals surface area contributed by atoms with Crippen molar-refractivity contribution < 1.29 is 53.9 Å². The molecule has 0 radical (unpaired) electrons. The highest BCUT2D eigenvalue weighted by atomic mass is 32.1. The van der Waals surface area contributed by atoms with Crippen molar-refractivity contribution in [1.29, 1.82) is 0 Å². The van der Waals surface area contributed by atoms with Gasteiger partial charge in [-0.15, -0.1) is 38.2 Å². The molecule has 9 aliphatic rings. The number of carbonyl (C=O) groups is 6. The van der Waals surface area contributed by atoms with Crippen LogP contribution in [-0.2, 0) is 56.3 Å². The average molecular weight is 1960 g/mol. The van der Waals surface area contributed by atoms with Gasteiger partial charge in [0.1, 0.15) is 41.4 Å². The number of aryl methyl sites for hydroxylation is 1. The summed E-state index contributed by atoms with van der Waals surface area (Å²) < 4.78 is 5.62. The number of rotatable bonds is 25. The number of para-hydroxylation sites is 2. The minimum absolute atomic E-state index is 0.00762. The molecule has 7 aliphatic heterocycles. The predicted molar refractivity (Wildman–Crippen MR) is 545 cm³/mol. The van der Waals surface area contributed by atoms with Crippen molar-refractivity contribution in [2.45, 2.75) is 231 Å². The number of carbonyl (C=O) groups excluding carboxylic acids is 6. The number of aromatic amines is 2. The number of aromatic hydroxyl groups is 2. The second-order valence-electron chi connectivity index (χ2n) is 42.6. The number of aliphatic hydroxyl groups is 2. The number of hydrogen-bond donors (Lipinski definition) is 10. The Morgan fingerprint density at radius 3 is 1.69 bits per heavy atom. The predicted octanol–water partition coefficient (Wildman–Crippen LogP) is 11.8. The molecular formula is C108H129N23O11S. The van der Waals surface area contributed by atoms with Gasteiger partial charge in [-0.1, -0.05) is 95.1 Å². The number of thiazole rings is 1. The number of anilines is 3. The van der Waals surface area contributed by atoms with Crippen LogP contribution in [0.15, 0.2) is 133 Å². The Hall–Kier alpha value is -13.3. The van der Waals surface area contributed by atoms with Crippen LogP contribution in [0.25, 0.3) is 55.0 Å². The molecule has 14 heterocycles. The average Bonchev–Trinajstić information content (AvgIpc) is 1.70. The zero-order valence-corrected chi connectivity index (χ0v) is 83.4. The van der Waals surface area contributed by atoms with Crippen LogP contribution in [0.3, 0.4) is 0 Å². The van der Waals surface area contributed by atoms with Gasteiger partial charge >= 0.3 is 6.03 Å². The van der Waals surface area contributed by atoms with E-state index in [1.165, 1.54) is 28.2 Å². The van der Waals surface area contributed by atoms with Crippen LogP contribution in [0, 0.1) is 34.5 Å². The summed E-state index contributed by atoms with van der Waals surface area (Å²) in [6.45, 7) is 21.8. The SMILES string of the molecule is C#Cc1ccc(CNC(=O)[C@@H]2C[C@@H](O)CN2C(=O)[C@@H](NC(=O)N2CCC(N3CCC(c4cnc(N5CCc6[nH]c7nnc(-c8ccccc8O)cc7c6[C@H]5C)nc4)CC3)CC2)C(C)(C)CCc2ncsc2-c2ccc(CNC(=O)[C@@H]3C[C@@H](O)CN3C(=O)[C@@H](NC(=O)C3CCC4(CC3)CC(N3CCN(c5cnc(N6CCc7[nH]c8nnc(-c9ccccc9O)cc8c7[C@H]6C)nc5)CC3)C4)C(C)(C)C)cc2)c(OC)c1. The number of terminal acetylenes is 1. The largest absolute Gasteiger partial charge is 0.507 e. The number of amides is 7. The van der Waals surface area contributed by atoms with Crippen LogP contribution < -0.4 is 40.7 Å². The number of piperidine rings is 2. The molecule has 10 N–H and O–H groups in total. The van der Waals surface area contributed by atoms with Gasteiger partial charge in [-0.05, 0) is 191 Å². The highest BCUT2D eigenvalue weighted by Crippen LogP contribution is 2.55. The number of phenolic OH excluding ortho intramolecular Hbond substituents is 2. The van der Waals surface area contributed by atoms with E-state index in [1.807, 2.05) is 120 Å². The lowest BCUT2D eigenvalue weighted by Crippen LogP contribution is -2.61. The van der Waals surface area contributed by atoms with Gasteiger partial charge < -0.3 is 90.7 Å². The summed E-state index contributed by atoms with van der Waals surface area (Å²) in [5.74, 6) is 2.87. The van der Waals surface area contributed by atoms with Gasteiger partial charge in [-0.25, -0.2) is 29.7 Å². The summed E-state index contributed by atoms with van der Waals surface area (Å²) in [6.07, 6.45) is 22.9. The molecule has 8 atom stereocenters. The Bertz CT molecular complexity index is 6580. The maximum atomic E-state index is 15.6. The number of piperazine rings is 1. The third-order valence-electron chi connectivity index (χ3n) is 32.4. The van der Waals surface area contributed by atoms with Crippen molar-refractivity contribution >= 4 is 86.6 Å². The van der Waals surface area contributed by atoms with Crippen LogP contribution in [0.1, 0.15) is 200 Å². The molecule has 748 valence electrons. The van der Waals surface area contributed by atoms with E-state index in [1.54, 1.807) is 52.9 Å². The van der Waals surface area contributed by atoms with Crippen LogP contribution in [-0.4, -0.2) is 270 Å². The lowest BCUT2D eigenvalue weighted by molar-refractivity contribution is -0.145. The molecule has 7 fully saturated rings. The molecule has 0 unspecified atom stereocenters. The topological polar surface area (TPSA) is 414 Å². The number of likely N-dealkylation sites (tertiary alicyclic amines) is 4. The number of aliphatic hydroxyl groups excluding tert-OH is 2. The van der Waals surface area contributed by atoms with Crippen molar-refractivity contribution in [3.63, 3.8) is 0 Å². The van der Waals surface area contributed by atoms with Gasteiger partial charge in [0.05, 0.1) is 77.0 Å². The summed E-state index contributed by atoms with van der Waals surface area (Å²) in [5, 5.41) is 76.0. The van der Waals surface area contributed by atoms with Gasteiger partial charge in [-0.2, -0.15) is 0 Å². The highest BCUT2D eigenvalue weighted by molar-refractivity contribution is 7.13. The standard InChI is InChI=1S/C108H129N23O11S/c1-10-65-19-24-70(90(47-65)142-9)55-110-100(138)87-49-76(133)61-131(87)102(140)95(119-105(141)127-39-30-72(31-40-127)124-37-28-67(29-38-124)71-56-111-103(112-57-71)128-41-32-81-91(63(128)2)79-50-84(120-122-96(79)116-81)77-15-11-13-17-88(77)134)107(7,8)34-27-83-93(143-62-115-83)68-22-20-66(21-23-68)54-109-99(137)86-48-75(132)60-130(86)101(139)94(106(4,5)6)118-98(136)69-25-35-108(36-26-69)52-73(53-108)125-43-45-126(46-44-125)74-58-113-104(114-59-74)129-42-33-82-92(64(129)3)80-51-85(121-123-97(80)117-82)78-16-12-14-18-89(78)135/h1,11-24,47,50-51,56-59,62-64,67,69,72-73,75-76,86-87,94-95,132-135H,25-46,48-49,52-55,60-61H2,2-9H3,(H,109,137)(H,110,138)(H,116,122)(H,117,123)(H,118,136)(H,119,141)/t63-,64-,69?,73?,75-,76-,86+,87+,94-,95-,108?/m1/s1. The highest BCUT2D eigenvalue weighted by Gasteiger charge is 2.52. The third kappa shape index (κ3) is 20.0. The first-order valence-electron chi connectivity index (χ1n) is 50.8. The van der Waals surface area contributed by atoms with Crippen molar-refractivity contribution in [2.24, 2.45) is 22.2 Å². The Kier molecular flexibility index (Phi) is 27.5. The molecule has 35 heteroatoms. The van der Waals surface area contributed by atoms with Crippen LogP contribution in [0.2, 0.25) is 0 Å². The Balaban J connectivity index is 0.424. The molecule has 20 rings (SSSR count). The normalized spacial score (nSPS) is 23.0. The van der Waals surface area contributed by atoms with Gasteiger partial charge in [0.2, 0.25) is 41.4 Å². The molecule has 0 bridgehead atoms. The second-order valence-corrected chi connectivity index (χ2v) is 43.5. The fourth-order valence-electron chi connectivity index (χ4n) is 23.9. The number of methoxy groups -OCH3 is 1. The molecule has 4 aromatic carbocycles. The van der Waals surface area contributed by atoms with E-state index in [0.717, 1.165) is 201 Å². The van der Waals surface area contributed by atoms with Crippen LogP contribution in [0.4, 0.5) is 22.4 Å². The Labute approximate surface area is 836 Å². The Morgan fingerprint density at radius 2 is 1.14 bits per heavy atom. The summed E-state index contributed by atoms with van der Waals surface area (Å²) >= 11 is 1.47. The zero-order chi connectivity index (χ0) is 99.4. The molecule has 34 nitrogen and oxygen atoms in total. The minimum Gasteiger partial charge on any atom is -0.507 e. The first-order valence-corrected chi connectivity index (χ1v) is 51.6. The molecule has 7 aromatic heterocycles. The smallest absolute Gasteiger partial charge is 0.318 e. The van der Waals surface area contributed by atoms with E-state index in [0.29, 0.717) is 88.9 Å². The number of hydrogen-bond acceptors (Lipinski definition) is 26. The summed E-state index contributed by atoms with van der Waals surface area (Å²) in [6, 6.07) is 27.5. The fourth-order valence-corrected chi connectivity index (χ4v) is 24.8. The van der Waals surface area contributed by atoms with Gasteiger partial charge in [0.25, 0.3) is 0 Å². The molecule has 2 saturated carbocycles. The van der Waals surface area contributed by atoms with Crippen molar-refractivity contribution in [3.05, 3.63) is 184 Å². The van der Waals surface area contributed by atoms with Crippen LogP contribution in [0.5, 0.6) is 17.2 Å². The number of fused-ring (bicyclic) bond motifs is 6. The number of urea groups is 1. The maximum Gasteiger partial charge on any atom is 0.318 e. The summed E-state index contributed by atoms with van der Waals surface area (Å²) in [5.41, 5.74) is 14.6. The van der Waals surface area contributed by atoms with E-state index in [2.05, 4.69) is 95.9 Å². The van der Waals surface area contributed by atoms with Crippen LogP contribution >= 0.6 is 11.3 Å². The molecule has 2 aliphatic carbocycles. The van der Waals surface area contributed by atoms with Crippen molar-refractivity contribution in [2.75, 3.05) is 100 Å². The van der Waals surface area contributed by atoms with E-state index < -0.39 is 70.8 Å². The molecule has 7 amide bonds. The van der Waals surface area contributed by atoms with Crippen molar-refractivity contribution in [3.8, 4) is 62.5 Å². The molecule has 5 saturated heterocycles. The number of benzene rings is 4.